The van der Waals surface area contributed by atoms with Gasteiger partial charge in [0.15, 0.2) is 0 Å². The molecule has 3 nitrogen and oxygen atoms in total. The smallest absolute Gasteiger partial charge is 0.244 e. The van der Waals surface area contributed by atoms with Crippen LogP contribution in [0.25, 0.3) is 6.08 Å². The molecule has 0 bridgehead atoms. The molecule has 0 aromatic heterocycles. The lowest BCUT2D eigenvalue weighted by Gasteiger charge is -2.26. The number of fused-ring (bicyclic) bond motifs is 1. The predicted molar refractivity (Wildman–Crippen MR) is 90.6 cm³/mol. The normalized spacial score (nSPS) is 16.9. The second kappa shape index (κ2) is 6.79. The van der Waals surface area contributed by atoms with Crippen molar-refractivity contribution in [2.24, 2.45) is 0 Å². The van der Waals surface area contributed by atoms with Gasteiger partial charge in [0, 0.05) is 22.5 Å². The molecular formula is C18H16BrNO2. The summed E-state index contributed by atoms with van der Waals surface area (Å²) >= 11 is 3.39. The van der Waals surface area contributed by atoms with Crippen molar-refractivity contribution < 1.29 is 9.53 Å². The van der Waals surface area contributed by atoms with Gasteiger partial charge in [-0.15, -0.1) is 0 Å². The molecule has 0 saturated heterocycles. The minimum absolute atomic E-state index is 0.00650. The van der Waals surface area contributed by atoms with E-state index >= 15 is 0 Å². The maximum Gasteiger partial charge on any atom is 0.244 e. The van der Waals surface area contributed by atoms with Crippen LogP contribution in [0.2, 0.25) is 0 Å². The highest BCUT2D eigenvalue weighted by molar-refractivity contribution is 9.10. The Morgan fingerprint density at radius 2 is 1.95 bits per heavy atom. The highest BCUT2D eigenvalue weighted by atomic mass is 79.9. The van der Waals surface area contributed by atoms with Crippen molar-refractivity contribution in [1.29, 1.82) is 0 Å². The zero-order chi connectivity index (χ0) is 15.4. The number of ether oxygens (including phenoxy) is 1. The molecule has 1 N–H and O–H groups in total. The summed E-state index contributed by atoms with van der Waals surface area (Å²) in [7, 11) is 0. The summed E-state index contributed by atoms with van der Waals surface area (Å²) in [4.78, 5) is 12.1. The van der Waals surface area contributed by atoms with E-state index in [1.165, 1.54) is 0 Å². The van der Waals surface area contributed by atoms with Gasteiger partial charge in [-0.1, -0.05) is 46.3 Å². The van der Waals surface area contributed by atoms with Gasteiger partial charge < -0.3 is 10.1 Å². The van der Waals surface area contributed by atoms with Crippen LogP contribution >= 0.6 is 15.9 Å². The molecule has 0 fully saturated rings. The fourth-order valence-corrected chi connectivity index (χ4v) is 2.72. The van der Waals surface area contributed by atoms with Gasteiger partial charge in [0.05, 0.1) is 12.6 Å². The molecule has 1 aliphatic heterocycles. The second-order valence-electron chi connectivity index (χ2n) is 5.12. The molecule has 1 heterocycles. The van der Waals surface area contributed by atoms with E-state index in [9.17, 15) is 4.79 Å². The number of benzene rings is 2. The molecule has 3 rings (SSSR count). The fraction of sp³-hybridized carbons (Fsp3) is 0.167. The lowest BCUT2D eigenvalue weighted by molar-refractivity contribution is -0.117. The van der Waals surface area contributed by atoms with Crippen LogP contribution in [0.5, 0.6) is 5.75 Å². The van der Waals surface area contributed by atoms with Crippen molar-refractivity contribution in [1.82, 2.24) is 5.32 Å². The molecule has 1 aliphatic rings. The number of para-hydroxylation sites is 1. The van der Waals surface area contributed by atoms with Gasteiger partial charge in [-0.05, 0) is 29.8 Å². The van der Waals surface area contributed by atoms with Crippen LogP contribution in [0.3, 0.4) is 0 Å². The largest absolute Gasteiger partial charge is 0.493 e. The zero-order valence-electron chi connectivity index (χ0n) is 12.0. The van der Waals surface area contributed by atoms with Gasteiger partial charge in [0.25, 0.3) is 0 Å². The van der Waals surface area contributed by atoms with Gasteiger partial charge in [0.2, 0.25) is 5.91 Å². The topological polar surface area (TPSA) is 38.3 Å². The summed E-state index contributed by atoms with van der Waals surface area (Å²) in [6.07, 6.45) is 4.17. The molecule has 0 unspecified atom stereocenters. The number of nitrogens with one attached hydrogen (secondary N) is 1. The summed E-state index contributed by atoms with van der Waals surface area (Å²) in [5.74, 6) is 0.764. The second-order valence-corrected chi connectivity index (χ2v) is 6.04. The van der Waals surface area contributed by atoms with Gasteiger partial charge in [0.1, 0.15) is 5.75 Å². The van der Waals surface area contributed by atoms with Crippen LogP contribution in [0, 0.1) is 0 Å². The van der Waals surface area contributed by atoms with Crippen LogP contribution in [-0.4, -0.2) is 12.5 Å². The Kier molecular flexibility index (Phi) is 4.59. The summed E-state index contributed by atoms with van der Waals surface area (Å²) < 4.78 is 6.62. The molecule has 1 amide bonds. The molecule has 4 heteroatoms. The van der Waals surface area contributed by atoms with E-state index in [0.717, 1.165) is 27.8 Å². The maximum absolute atomic E-state index is 12.1. The number of carbonyl (C=O) groups is 1. The van der Waals surface area contributed by atoms with Crippen molar-refractivity contribution in [3.8, 4) is 5.75 Å². The summed E-state index contributed by atoms with van der Waals surface area (Å²) in [6, 6.07) is 15.7. The summed E-state index contributed by atoms with van der Waals surface area (Å²) in [5, 5.41) is 3.04. The quantitative estimate of drug-likeness (QED) is 0.839. The highest BCUT2D eigenvalue weighted by Gasteiger charge is 2.21. The molecule has 0 aliphatic carbocycles. The van der Waals surface area contributed by atoms with Crippen LogP contribution in [-0.2, 0) is 4.79 Å². The monoisotopic (exact) mass is 357 g/mol. The van der Waals surface area contributed by atoms with Crippen molar-refractivity contribution in [3.63, 3.8) is 0 Å². The van der Waals surface area contributed by atoms with E-state index in [1.54, 1.807) is 6.08 Å². The molecule has 0 saturated carbocycles. The van der Waals surface area contributed by atoms with Crippen LogP contribution < -0.4 is 10.1 Å². The molecule has 2 aromatic rings. The molecular weight excluding hydrogens is 342 g/mol. The van der Waals surface area contributed by atoms with Crippen molar-refractivity contribution in [3.05, 3.63) is 70.2 Å². The first-order chi connectivity index (χ1) is 10.7. The molecule has 1 atom stereocenters. The lowest BCUT2D eigenvalue weighted by Crippen LogP contribution is -2.30. The van der Waals surface area contributed by atoms with E-state index < -0.39 is 0 Å². The minimum atomic E-state index is -0.0929. The first-order valence-corrected chi connectivity index (χ1v) is 7.97. The van der Waals surface area contributed by atoms with Gasteiger partial charge in [-0.25, -0.2) is 0 Å². The van der Waals surface area contributed by atoms with Crippen molar-refractivity contribution in [2.45, 2.75) is 12.5 Å². The summed E-state index contributed by atoms with van der Waals surface area (Å²) in [6.45, 7) is 0.623. The Hall–Kier alpha value is -2.07. The Morgan fingerprint density at radius 3 is 2.77 bits per heavy atom. The number of hydrogen-bond donors (Lipinski definition) is 1. The molecule has 0 radical (unpaired) electrons. The maximum atomic E-state index is 12.1. The lowest BCUT2D eigenvalue weighted by atomic mass is 10.0. The van der Waals surface area contributed by atoms with E-state index in [-0.39, 0.29) is 11.9 Å². The van der Waals surface area contributed by atoms with Crippen molar-refractivity contribution >= 4 is 27.9 Å². The van der Waals surface area contributed by atoms with Gasteiger partial charge >= 0.3 is 0 Å². The Bertz CT molecular complexity index is 694. The molecule has 2 aromatic carbocycles. The predicted octanol–water partition coefficient (Wildman–Crippen LogP) is 4.10. The Balaban J connectivity index is 1.66. The number of amides is 1. The van der Waals surface area contributed by atoms with Crippen LogP contribution in [0.4, 0.5) is 0 Å². The molecule has 0 spiro atoms. The van der Waals surface area contributed by atoms with Gasteiger partial charge in [-0.3, -0.25) is 4.79 Å². The standard InChI is InChI=1S/C18H16BrNO2/c19-14-8-5-13(6-9-14)7-10-18(21)20-16-11-12-22-17-4-2-1-3-15(16)17/h1-10,16H,11-12H2,(H,20,21)/b10-7+/t16-/m0/s1. The number of rotatable bonds is 3. The van der Waals surface area contributed by atoms with E-state index in [2.05, 4.69) is 21.2 Å². The third-order valence-electron chi connectivity index (χ3n) is 3.57. The van der Waals surface area contributed by atoms with Gasteiger partial charge in [-0.2, -0.15) is 0 Å². The fourth-order valence-electron chi connectivity index (χ4n) is 2.46. The minimum Gasteiger partial charge on any atom is -0.493 e. The SMILES string of the molecule is O=C(/C=C/c1ccc(Br)cc1)N[C@H]1CCOc2ccccc21. The third-order valence-corrected chi connectivity index (χ3v) is 4.10. The van der Waals surface area contributed by atoms with Crippen LogP contribution in [0.15, 0.2) is 59.1 Å². The van der Waals surface area contributed by atoms with E-state index in [0.29, 0.717) is 6.61 Å². The van der Waals surface area contributed by atoms with E-state index in [4.69, 9.17) is 4.74 Å². The number of carbonyl (C=O) groups excluding carboxylic acids is 1. The summed E-state index contributed by atoms with van der Waals surface area (Å²) in [5.41, 5.74) is 2.03. The molecule has 22 heavy (non-hydrogen) atoms. The number of hydrogen-bond acceptors (Lipinski definition) is 2. The van der Waals surface area contributed by atoms with Crippen LogP contribution in [0.1, 0.15) is 23.6 Å². The molecule has 112 valence electrons. The zero-order valence-corrected chi connectivity index (χ0v) is 13.5. The Labute approximate surface area is 138 Å². The first kappa shape index (κ1) is 14.9. The average molecular weight is 358 g/mol. The Morgan fingerprint density at radius 1 is 1.18 bits per heavy atom. The number of halogens is 1. The first-order valence-electron chi connectivity index (χ1n) is 7.18. The third kappa shape index (κ3) is 3.57. The van der Waals surface area contributed by atoms with E-state index in [1.807, 2.05) is 54.6 Å². The highest BCUT2D eigenvalue weighted by Crippen LogP contribution is 2.31. The van der Waals surface area contributed by atoms with Crippen molar-refractivity contribution in [2.75, 3.05) is 6.61 Å². The average Bonchev–Trinajstić information content (AvgIpc) is 2.55.